The fourth-order valence-electron chi connectivity index (χ4n) is 4.86. The Morgan fingerprint density at radius 1 is 1.04 bits per heavy atom. The lowest BCUT2D eigenvalue weighted by Gasteiger charge is -2.18. The molecule has 4 atom stereocenters. The van der Waals surface area contributed by atoms with Crippen molar-refractivity contribution in [1.82, 2.24) is 5.01 Å². The number of benzene rings is 1. The summed E-state index contributed by atoms with van der Waals surface area (Å²) in [6.07, 6.45) is 8.08. The number of rotatable bonds is 2. The number of carbonyl (C=O) groups is 2. The monoisotopic (exact) mass is 308 g/mol. The number of aromatic hydroxyl groups is 1. The van der Waals surface area contributed by atoms with Crippen molar-refractivity contribution in [3.63, 3.8) is 0 Å². The molecule has 5 heteroatoms. The zero-order valence-corrected chi connectivity index (χ0v) is 12.4. The van der Waals surface area contributed by atoms with E-state index in [1.165, 1.54) is 6.21 Å². The fraction of sp³-hybridized carbons (Fsp3) is 0.389. The molecule has 0 radical (unpaired) electrons. The van der Waals surface area contributed by atoms with E-state index in [1.807, 2.05) is 0 Å². The molecule has 4 unspecified atom stereocenters. The van der Waals surface area contributed by atoms with Crippen LogP contribution in [0.5, 0.6) is 5.75 Å². The first-order chi connectivity index (χ1) is 11.1. The third-order valence-electron chi connectivity index (χ3n) is 6.04. The van der Waals surface area contributed by atoms with Crippen molar-refractivity contribution in [3.8, 4) is 5.75 Å². The predicted octanol–water partition coefficient (Wildman–Crippen LogP) is 1.92. The predicted molar refractivity (Wildman–Crippen MR) is 82.3 cm³/mol. The lowest BCUT2D eigenvalue weighted by molar-refractivity contribution is -0.141. The molecule has 23 heavy (non-hydrogen) atoms. The summed E-state index contributed by atoms with van der Waals surface area (Å²) >= 11 is 0. The molecule has 2 amide bonds. The van der Waals surface area contributed by atoms with E-state index in [0.717, 1.165) is 23.4 Å². The van der Waals surface area contributed by atoms with Gasteiger partial charge >= 0.3 is 0 Å². The number of allylic oxidation sites excluding steroid dienone is 2. The van der Waals surface area contributed by atoms with Gasteiger partial charge in [-0.05, 0) is 59.9 Å². The van der Waals surface area contributed by atoms with Crippen molar-refractivity contribution < 1.29 is 14.7 Å². The Hall–Kier alpha value is -2.43. The van der Waals surface area contributed by atoms with Gasteiger partial charge in [0.15, 0.2) is 0 Å². The molecule has 1 aliphatic heterocycles. The zero-order valence-electron chi connectivity index (χ0n) is 12.4. The number of hydrazone groups is 1. The minimum Gasteiger partial charge on any atom is -0.508 e. The van der Waals surface area contributed by atoms with Gasteiger partial charge < -0.3 is 5.11 Å². The van der Waals surface area contributed by atoms with E-state index in [1.54, 1.807) is 24.3 Å². The van der Waals surface area contributed by atoms with E-state index >= 15 is 0 Å². The van der Waals surface area contributed by atoms with Gasteiger partial charge in [0.05, 0.1) is 18.1 Å². The molecule has 1 spiro atoms. The highest BCUT2D eigenvalue weighted by Crippen LogP contribution is 2.73. The van der Waals surface area contributed by atoms with Crippen LogP contribution in [0.2, 0.25) is 0 Å². The topological polar surface area (TPSA) is 70.0 Å². The quantitative estimate of drug-likeness (QED) is 0.515. The Morgan fingerprint density at radius 2 is 1.61 bits per heavy atom. The Morgan fingerprint density at radius 3 is 2.13 bits per heavy atom. The number of hydrogen-bond acceptors (Lipinski definition) is 4. The number of hydrogen-bond donors (Lipinski definition) is 1. The third kappa shape index (κ3) is 1.54. The summed E-state index contributed by atoms with van der Waals surface area (Å²) in [6.45, 7) is 0. The normalized spacial score (nSPS) is 35.7. The van der Waals surface area contributed by atoms with E-state index in [0.29, 0.717) is 0 Å². The second-order valence-electron chi connectivity index (χ2n) is 7.05. The van der Waals surface area contributed by atoms with Gasteiger partial charge in [0.2, 0.25) is 0 Å². The first kappa shape index (κ1) is 13.0. The van der Waals surface area contributed by atoms with Gasteiger partial charge in [-0.1, -0.05) is 12.2 Å². The van der Waals surface area contributed by atoms with Gasteiger partial charge in [-0.3, -0.25) is 9.59 Å². The molecule has 1 N–H and O–H groups in total. The van der Waals surface area contributed by atoms with Gasteiger partial charge in [0.25, 0.3) is 11.8 Å². The molecule has 2 saturated carbocycles. The third-order valence-corrected chi connectivity index (χ3v) is 6.04. The Bertz CT molecular complexity index is 742. The van der Waals surface area contributed by atoms with Crippen LogP contribution < -0.4 is 0 Å². The molecular formula is C18H16N2O3. The van der Waals surface area contributed by atoms with E-state index < -0.39 is 0 Å². The largest absolute Gasteiger partial charge is 0.508 e. The number of amides is 2. The first-order valence-corrected chi connectivity index (χ1v) is 8.01. The maximum atomic E-state index is 12.7. The van der Waals surface area contributed by atoms with Gasteiger partial charge in [0, 0.05) is 0 Å². The van der Waals surface area contributed by atoms with Gasteiger partial charge in [-0.25, -0.2) is 0 Å². The van der Waals surface area contributed by atoms with Crippen LogP contribution in [0.1, 0.15) is 18.4 Å². The molecule has 1 aromatic carbocycles. The van der Waals surface area contributed by atoms with Crippen molar-refractivity contribution in [2.75, 3.05) is 0 Å². The summed E-state index contributed by atoms with van der Waals surface area (Å²) in [5.41, 5.74) is 0.952. The highest BCUT2D eigenvalue weighted by Gasteiger charge is 2.73. The maximum absolute atomic E-state index is 12.7. The second kappa shape index (κ2) is 4.10. The number of phenolic OH excluding ortho intramolecular Hbond substituents is 1. The van der Waals surface area contributed by atoms with E-state index in [2.05, 4.69) is 17.3 Å². The van der Waals surface area contributed by atoms with Crippen LogP contribution in [0, 0.1) is 29.1 Å². The minimum atomic E-state index is -0.211. The SMILES string of the molecule is O=C1C2C(C(=O)N1N=Cc1ccc(O)cc1)C1C=CC2C12CC2. The number of carbonyl (C=O) groups excluding carboxylic acids is 2. The average Bonchev–Trinajstić information content (AvgIpc) is 3.15. The van der Waals surface area contributed by atoms with Crippen LogP contribution in [0.15, 0.2) is 41.5 Å². The smallest absolute Gasteiger partial charge is 0.254 e. The molecule has 0 aromatic heterocycles. The van der Waals surface area contributed by atoms with Crippen LogP contribution >= 0.6 is 0 Å². The van der Waals surface area contributed by atoms with Crippen molar-refractivity contribution >= 4 is 18.0 Å². The Kier molecular flexibility index (Phi) is 2.33. The molecule has 4 aliphatic rings. The van der Waals surface area contributed by atoms with Gasteiger partial charge in [0.1, 0.15) is 5.75 Å². The number of nitrogens with zero attached hydrogens (tertiary/aromatic N) is 2. The standard InChI is InChI=1S/C18H16N2O3/c21-11-3-1-10(2-4-11)9-19-20-16(22)14-12-5-6-13(15(14)17(20)23)18(12)7-8-18/h1-6,9,12-15,21H,7-8H2. The lowest BCUT2D eigenvalue weighted by Crippen LogP contribution is -2.30. The number of fused-ring (bicyclic) bond motifs is 3. The summed E-state index contributed by atoms with van der Waals surface area (Å²) in [7, 11) is 0. The highest BCUT2D eigenvalue weighted by molar-refractivity contribution is 6.07. The zero-order chi connectivity index (χ0) is 15.8. The van der Waals surface area contributed by atoms with Crippen LogP contribution in [0.25, 0.3) is 0 Å². The Labute approximate surface area is 133 Å². The summed E-state index contributed by atoms with van der Waals surface area (Å²) in [4.78, 5) is 25.4. The van der Waals surface area contributed by atoms with Gasteiger partial charge in [-0.15, -0.1) is 0 Å². The average molecular weight is 308 g/mol. The van der Waals surface area contributed by atoms with Crippen LogP contribution in [-0.2, 0) is 9.59 Å². The Balaban J connectivity index is 1.43. The fourth-order valence-corrected chi connectivity index (χ4v) is 4.86. The van der Waals surface area contributed by atoms with Crippen LogP contribution in [0.4, 0.5) is 0 Å². The lowest BCUT2D eigenvalue weighted by atomic mass is 9.85. The molecule has 1 heterocycles. The summed E-state index contributed by atoms with van der Waals surface area (Å²) in [5.74, 6) is -0.113. The molecule has 3 aliphatic carbocycles. The maximum Gasteiger partial charge on any atom is 0.254 e. The van der Waals surface area contributed by atoms with E-state index in [4.69, 9.17) is 0 Å². The minimum absolute atomic E-state index is 0.154. The van der Waals surface area contributed by atoms with Crippen molar-refractivity contribution in [2.45, 2.75) is 12.8 Å². The van der Waals surface area contributed by atoms with E-state index in [9.17, 15) is 14.7 Å². The molecule has 5 rings (SSSR count). The molecule has 5 nitrogen and oxygen atoms in total. The van der Waals surface area contributed by atoms with E-state index in [-0.39, 0.29) is 46.7 Å². The highest BCUT2D eigenvalue weighted by atomic mass is 16.3. The van der Waals surface area contributed by atoms with Crippen LogP contribution in [0.3, 0.4) is 0 Å². The van der Waals surface area contributed by atoms with Crippen molar-refractivity contribution in [3.05, 3.63) is 42.0 Å². The van der Waals surface area contributed by atoms with Crippen molar-refractivity contribution in [1.29, 1.82) is 0 Å². The number of imide groups is 1. The summed E-state index contributed by atoms with van der Waals surface area (Å²) < 4.78 is 0. The molecule has 2 bridgehead atoms. The summed E-state index contributed by atoms with van der Waals surface area (Å²) in [6, 6.07) is 6.47. The first-order valence-electron chi connectivity index (χ1n) is 8.01. The second-order valence-corrected chi connectivity index (χ2v) is 7.05. The summed E-state index contributed by atoms with van der Waals surface area (Å²) in [5, 5.41) is 14.5. The molecule has 1 aromatic rings. The van der Waals surface area contributed by atoms with Gasteiger partial charge in [-0.2, -0.15) is 10.1 Å². The molecule has 116 valence electrons. The molecule has 3 fully saturated rings. The molecular weight excluding hydrogens is 292 g/mol. The number of phenols is 1. The molecule has 1 saturated heterocycles. The van der Waals surface area contributed by atoms with Crippen molar-refractivity contribution in [2.24, 2.45) is 34.2 Å². The van der Waals surface area contributed by atoms with Crippen LogP contribution in [-0.4, -0.2) is 28.1 Å².